The minimum atomic E-state index is -0.421. The number of methoxy groups -OCH3 is 1. The predicted octanol–water partition coefficient (Wildman–Crippen LogP) is 1.79. The molecule has 3 rings (SSSR count). The molecule has 0 saturated carbocycles. The number of rotatable bonds is 5. The molecule has 0 bridgehead atoms. The third-order valence-corrected chi connectivity index (χ3v) is 3.23. The zero-order chi connectivity index (χ0) is 16.8. The number of esters is 1. The van der Waals surface area contributed by atoms with E-state index in [1.54, 1.807) is 43.0 Å². The van der Waals surface area contributed by atoms with Gasteiger partial charge < -0.3 is 9.64 Å². The lowest BCUT2D eigenvalue weighted by molar-refractivity contribution is 0.0600. The lowest BCUT2D eigenvalue weighted by atomic mass is 10.2. The molecule has 0 unspecified atom stereocenters. The highest BCUT2D eigenvalue weighted by atomic mass is 16.5. The molecular formula is C16H14N6O2. The van der Waals surface area contributed by atoms with Gasteiger partial charge in [-0.05, 0) is 18.2 Å². The summed E-state index contributed by atoms with van der Waals surface area (Å²) in [7, 11) is 1.33. The van der Waals surface area contributed by atoms with Crippen molar-refractivity contribution in [2.75, 3.05) is 12.0 Å². The highest BCUT2D eigenvalue weighted by molar-refractivity contribution is 5.88. The number of pyridine rings is 1. The molecule has 3 heterocycles. The maximum absolute atomic E-state index is 11.5. The fourth-order valence-electron chi connectivity index (χ4n) is 2.07. The molecule has 0 N–H and O–H groups in total. The van der Waals surface area contributed by atoms with E-state index in [1.807, 2.05) is 4.90 Å². The van der Waals surface area contributed by atoms with E-state index < -0.39 is 5.97 Å². The van der Waals surface area contributed by atoms with Crippen LogP contribution in [0.2, 0.25) is 0 Å². The Bertz CT molecular complexity index is 756. The minimum Gasteiger partial charge on any atom is -0.465 e. The summed E-state index contributed by atoms with van der Waals surface area (Å²) in [6.45, 7) is 0.414. The van der Waals surface area contributed by atoms with Gasteiger partial charge in [0.15, 0.2) is 5.82 Å². The van der Waals surface area contributed by atoms with Crippen molar-refractivity contribution in [3.05, 3.63) is 66.8 Å². The summed E-state index contributed by atoms with van der Waals surface area (Å²) in [5, 5.41) is 0. The molecule has 0 aliphatic rings. The largest absolute Gasteiger partial charge is 0.465 e. The first-order chi connectivity index (χ1) is 11.8. The van der Waals surface area contributed by atoms with Crippen molar-refractivity contribution in [1.29, 1.82) is 0 Å². The van der Waals surface area contributed by atoms with Crippen LogP contribution < -0.4 is 4.90 Å². The second kappa shape index (κ2) is 7.23. The molecule has 0 amide bonds. The van der Waals surface area contributed by atoms with Crippen molar-refractivity contribution in [3.8, 4) is 0 Å². The standard InChI is InChI=1S/C16H14N6O2/c1-24-16(23)12-2-3-13(20-8-12)10-22(14-4-5-18-11-21-14)15-9-17-6-7-19-15/h2-9,11H,10H2,1H3. The van der Waals surface area contributed by atoms with Gasteiger partial charge in [-0.25, -0.2) is 19.7 Å². The Morgan fingerprint density at radius 2 is 1.92 bits per heavy atom. The van der Waals surface area contributed by atoms with E-state index in [0.29, 0.717) is 23.7 Å². The van der Waals surface area contributed by atoms with Crippen LogP contribution in [0.15, 0.2) is 55.5 Å². The predicted molar refractivity (Wildman–Crippen MR) is 85.5 cm³/mol. The first-order valence-corrected chi connectivity index (χ1v) is 7.11. The van der Waals surface area contributed by atoms with Crippen LogP contribution in [0, 0.1) is 0 Å². The first-order valence-electron chi connectivity index (χ1n) is 7.11. The van der Waals surface area contributed by atoms with Crippen LogP contribution in [0.3, 0.4) is 0 Å². The summed E-state index contributed by atoms with van der Waals surface area (Å²) in [6, 6.07) is 5.21. The molecule has 8 heteroatoms. The zero-order valence-corrected chi connectivity index (χ0v) is 12.9. The molecule has 24 heavy (non-hydrogen) atoms. The van der Waals surface area contributed by atoms with Crippen LogP contribution in [-0.4, -0.2) is 38.0 Å². The molecule has 0 fully saturated rings. The van der Waals surface area contributed by atoms with Crippen LogP contribution in [0.1, 0.15) is 16.1 Å². The van der Waals surface area contributed by atoms with Crippen LogP contribution in [0.5, 0.6) is 0 Å². The average Bonchev–Trinajstić information content (AvgIpc) is 2.67. The minimum absolute atomic E-state index is 0.398. The van der Waals surface area contributed by atoms with Gasteiger partial charge >= 0.3 is 5.97 Å². The van der Waals surface area contributed by atoms with E-state index in [-0.39, 0.29) is 0 Å². The van der Waals surface area contributed by atoms with Crippen LogP contribution >= 0.6 is 0 Å². The van der Waals surface area contributed by atoms with E-state index >= 15 is 0 Å². The highest BCUT2D eigenvalue weighted by Crippen LogP contribution is 2.22. The van der Waals surface area contributed by atoms with Crippen molar-refractivity contribution in [2.24, 2.45) is 0 Å². The summed E-state index contributed by atoms with van der Waals surface area (Å²) in [6.07, 6.45) is 9.45. The van der Waals surface area contributed by atoms with E-state index in [0.717, 1.165) is 5.69 Å². The zero-order valence-electron chi connectivity index (χ0n) is 12.9. The third-order valence-electron chi connectivity index (χ3n) is 3.23. The Morgan fingerprint density at radius 3 is 2.54 bits per heavy atom. The van der Waals surface area contributed by atoms with E-state index in [1.165, 1.54) is 19.6 Å². The van der Waals surface area contributed by atoms with Crippen molar-refractivity contribution in [3.63, 3.8) is 0 Å². The molecule has 0 aliphatic heterocycles. The second-order valence-corrected chi connectivity index (χ2v) is 4.75. The Labute approximate surface area is 138 Å². The van der Waals surface area contributed by atoms with Crippen molar-refractivity contribution < 1.29 is 9.53 Å². The Hall–Kier alpha value is -3.42. The quantitative estimate of drug-likeness (QED) is 0.656. The number of hydrogen-bond donors (Lipinski definition) is 0. The van der Waals surface area contributed by atoms with E-state index in [4.69, 9.17) is 0 Å². The SMILES string of the molecule is COC(=O)c1ccc(CN(c2ccncn2)c2cnccn2)nc1. The molecule has 3 aromatic heterocycles. The van der Waals surface area contributed by atoms with Crippen LogP contribution in [0.4, 0.5) is 11.6 Å². The molecule has 0 radical (unpaired) electrons. The summed E-state index contributed by atoms with van der Waals surface area (Å²) in [4.78, 5) is 34.2. The molecule has 8 nitrogen and oxygen atoms in total. The van der Waals surface area contributed by atoms with E-state index in [2.05, 4.69) is 29.7 Å². The van der Waals surface area contributed by atoms with Crippen molar-refractivity contribution >= 4 is 17.6 Å². The lowest BCUT2D eigenvalue weighted by Crippen LogP contribution is -2.20. The summed E-state index contributed by atoms with van der Waals surface area (Å²) >= 11 is 0. The molecule has 0 aromatic carbocycles. The first kappa shape index (κ1) is 15.5. The fourth-order valence-corrected chi connectivity index (χ4v) is 2.07. The normalized spacial score (nSPS) is 10.2. The van der Waals surface area contributed by atoms with Crippen LogP contribution in [0.25, 0.3) is 0 Å². The molecule has 120 valence electrons. The third kappa shape index (κ3) is 3.49. The van der Waals surface area contributed by atoms with Gasteiger partial charge in [0.2, 0.25) is 0 Å². The Balaban J connectivity index is 1.89. The van der Waals surface area contributed by atoms with Crippen LogP contribution in [-0.2, 0) is 11.3 Å². The van der Waals surface area contributed by atoms with Gasteiger partial charge in [0, 0.05) is 24.8 Å². The topological polar surface area (TPSA) is 94.0 Å². The van der Waals surface area contributed by atoms with Gasteiger partial charge in [-0.15, -0.1) is 0 Å². The molecule has 3 aromatic rings. The van der Waals surface area contributed by atoms with Gasteiger partial charge in [0.25, 0.3) is 0 Å². The number of ether oxygens (including phenoxy) is 1. The van der Waals surface area contributed by atoms with Gasteiger partial charge in [-0.1, -0.05) is 0 Å². The van der Waals surface area contributed by atoms with Gasteiger partial charge in [0.1, 0.15) is 12.1 Å². The fraction of sp³-hybridized carbons (Fsp3) is 0.125. The Kier molecular flexibility index (Phi) is 4.66. The monoisotopic (exact) mass is 322 g/mol. The second-order valence-electron chi connectivity index (χ2n) is 4.75. The molecular weight excluding hydrogens is 308 g/mol. The molecule has 0 saturated heterocycles. The number of nitrogens with zero attached hydrogens (tertiary/aromatic N) is 6. The summed E-state index contributed by atoms with van der Waals surface area (Å²) < 4.78 is 4.67. The highest BCUT2D eigenvalue weighted by Gasteiger charge is 2.14. The summed E-state index contributed by atoms with van der Waals surface area (Å²) in [5.74, 6) is 0.884. The molecule has 0 spiro atoms. The van der Waals surface area contributed by atoms with Gasteiger partial charge in [-0.2, -0.15) is 0 Å². The van der Waals surface area contributed by atoms with Gasteiger partial charge in [-0.3, -0.25) is 9.97 Å². The number of aromatic nitrogens is 5. The number of carbonyl (C=O) groups excluding carboxylic acids is 1. The summed E-state index contributed by atoms with van der Waals surface area (Å²) in [5.41, 5.74) is 1.14. The lowest BCUT2D eigenvalue weighted by Gasteiger charge is -2.21. The number of carbonyl (C=O) groups is 1. The van der Waals surface area contributed by atoms with Crippen molar-refractivity contribution in [2.45, 2.75) is 6.54 Å². The molecule has 0 atom stereocenters. The van der Waals surface area contributed by atoms with E-state index in [9.17, 15) is 4.79 Å². The number of anilines is 2. The maximum atomic E-state index is 11.5. The smallest absolute Gasteiger partial charge is 0.339 e. The Morgan fingerprint density at radius 1 is 1.00 bits per heavy atom. The number of hydrogen-bond acceptors (Lipinski definition) is 8. The van der Waals surface area contributed by atoms with Gasteiger partial charge in [0.05, 0.1) is 31.1 Å². The maximum Gasteiger partial charge on any atom is 0.339 e. The van der Waals surface area contributed by atoms with Crippen molar-refractivity contribution in [1.82, 2.24) is 24.9 Å². The average molecular weight is 322 g/mol. The molecule has 0 aliphatic carbocycles.